The molecule has 0 spiro atoms. The van der Waals surface area contributed by atoms with E-state index in [2.05, 4.69) is 22.2 Å². The lowest BCUT2D eigenvalue weighted by Crippen LogP contribution is -2.22. The molecule has 1 aromatic carbocycles. The zero-order chi connectivity index (χ0) is 13.7. The summed E-state index contributed by atoms with van der Waals surface area (Å²) >= 11 is 0. The predicted molar refractivity (Wildman–Crippen MR) is 76.8 cm³/mol. The van der Waals surface area contributed by atoms with Crippen molar-refractivity contribution in [2.75, 3.05) is 30.4 Å². The Morgan fingerprint density at radius 2 is 1.95 bits per heavy atom. The van der Waals surface area contributed by atoms with E-state index in [1.807, 2.05) is 42.3 Å². The van der Waals surface area contributed by atoms with Crippen LogP contribution in [0.15, 0.2) is 36.7 Å². The van der Waals surface area contributed by atoms with Gasteiger partial charge < -0.3 is 15.3 Å². The van der Waals surface area contributed by atoms with Gasteiger partial charge in [-0.05, 0) is 19.1 Å². The summed E-state index contributed by atoms with van der Waals surface area (Å²) in [5.41, 5.74) is 2.21. The van der Waals surface area contributed by atoms with Gasteiger partial charge in [-0.25, -0.2) is 9.97 Å². The number of hydrogen-bond acceptors (Lipinski definition) is 5. The molecule has 0 saturated heterocycles. The number of aromatic nitrogens is 2. The van der Waals surface area contributed by atoms with Crippen LogP contribution in [0.5, 0.6) is 0 Å². The minimum Gasteiger partial charge on any atom is -0.395 e. The van der Waals surface area contributed by atoms with Crippen LogP contribution in [0.3, 0.4) is 0 Å². The number of rotatable bonds is 5. The van der Waals surface area contributed by atoms with Crippen molar-refractivity contribution in [1.29, 1.82) is 0 Å². The SMILES string of the molecule is Cc1ccc(Nc2cc(N(C)CCO)ncn2)cc1. The molecule has 5 nitrogen and oxygen atoms in total. The van der Waals surface area contributed by atoms with Crippen molar-refractivity contribution < 1.29 is 5.11 Å². The lowest BCUT2D eigenvalue weighted by atomic mass is 10.2. The van der Waals surface area contributed by atoms with Crippen molar-refractivity contribution in [3.05, 3.63) is 42.2 Å². The maximum Gasteiger partial charge on any atom is 0.135 e. The Labute approximate surface area is 112 Å². The first kappa shape index (κ1) is 13.3. The number of benzene rings is 1. The van der Waals surface area contributed by atoms with Crippen molar-refractivity contribution in [3.8, 4) is 0 Å². The maximum atomic E-state index is 8.93. The molecule has 2 aromatic rings. The van der Waals surface area contributed by atoms with Crippen LogP contribution in [0.25, 0.3) is 0 Å². The van der Waals surface area contributed by atoms with Gasteiger partial charge in [0.25, 0.3) is 0 Å². The minimum absolute atomic E-state index is 0.0984. The Hall–Kier alpha value is -2.14. The summed E-state index contributed by atoms with van der Waals surface area (Å²) in [6, 6.07) is 9.96. The molecule has 0 bridgehead atoms. The van der Waals surface area contributed by atoms with Crippen molar-refractivity contribution in [2.45, 2.75) is 6.92 Å². The Morgan fingerprint density at radius 1 is 1.21 bits per heavy atom. The number of nitrogens with one attached hydrogen (secondary N) is 1. The van der Waals surface area contributed by atoms with Crippen LogP contribution in [0.1, 0.15) is 5.56 Å². The molecule has 1 aromatic heterocycles. The average Bonchev–Trinajstić information content (AvgIpc) is 2.42. The molecule has 0 aliphatic rings. The molecular weight excluding hydrogens is 240 g/mol. The summed E-state index contributed by atoms with van der Waals surface area (Å²) in [5.74, 6) is 1.51. The van der Waals surface area contributed by atoms with Crippen molar-refractivity contribution in [3.63, 3.8) is 0 Å². The lowest BCUT2D eigenvalue weighted by molar-refractivity contribution is 0.304. The first-order chi connectivity index (χ1) is 9.19. The van der Waals surface area contributed by atoms with Crippen LogP contribution in [0.2, 0.25) is 0 Å². The third kappa shape index (κ3) is 3.66. The van der Waals surface area contributed by atoms with Crippen LogP contribution in [-0.2, 0) is 0 Å². The fraction of sp³-hybridized carbons (Fsp3) is 0.286. The summed E-state index contributed by atoms with van der Waals surface area (Å²) < 4.78 is 0. The molecule has 0 fully saturated rings. The third-order valence-electron chi connectivity index (χ3n) is 2.80. The van der Waals surface area contributed by atoms with E-state index >= 15 is 0 Å². The van der Waals surface area contributed by atoms with Gasteiger partial charge in [-0.3, -0.25) is 0 Å². The summed E-state index contributed by atoms with van der Waals surface area (Å²) in [6.45, 7) is 2.69. The van der Waals surface area contributed by atoms with Gasteiger partial charge in [-0.1, -0.05) is 17.7 Å². The Morgan fingerprint density at radius 3 is 2.63 bits per heavy atom. The van der Waals surface area contributed by atoms with E-state index in [0.717, 1.165) is 17.3 Å². The summed E-state index contributed by atoms with van der Waals surface area (Å²) in [6.07, 6.45) is 1.51. The van der Waals surface area contributed by atoms with E-state index < -0.39 is 0 Å². The highest BCUT2D eigenvalue weighted by atomic mass is 16.3. The second-order valence-corrected chi connectivity index (χ2v) is 4.40. The van der Waals surface area contributed by atoms with E-state index in [-0.39, 0.29) is 6.61 Å². The van der Waals surface area contributed by atoms with Gasteiger partial charge in [0.2, 0.25) is 0 Å². The first-order valence-electron chi connectivity index (χ1n) is 6.17. The quantitative estimate of drug-likeness (QED) is 0.858. The smallest absolute Gasteiger partial charge is 0.135 e. The molecule has 0 amide bonds. The Balaban J connectivity index is 2.12. The fourth-order valence-corrected chi connectivity index (χ4v) is 1.67. The zero-order valence-corrected chi connectivity index (χ0v) is 11.2. The monoisotopic (exact) mass is 258 g/mol. The fourth-order valence-electron chi connectivity index (χ4n) is 1.67. The molecule has 100 valence electrons. The van der Waals surface area contributed by atoms with Gasteiger partial charge in [0.1, 0.15) is 18.0 Å². The van der Waals surface area contributed by atoms with Gasteiger partial charge in [0.05, 0.1) is 6.61 Å². The largest absolute Gasteiger partial charge is 0.395 e. The van der Waals surface area contributed by atoms with Gasteiger partial charge in [0.15, 0.2) is 0 Å². The zero-order valence-electron chi connectivity index (χ0n) is 11.2. The second-order valence-electron chi connectivity index (χ2n) is 4.40. The normalized spacial score (nSPS) is 10.3. The van der Waals surface area contributed by atoms with Crippen LogP contribution in [0, 0.1) is 6.92 Å². The molecule has 1 heterocycles. The summed E-state index contributed by atoms with van der Waals surface area (Å²) in [5, 5.41) is 12.2. The molecule has 0 saturated carbocycles. The highest BCUT2D eigenvalue weighted by molar-refractivity contribution is 5.59. The standard InChI is InChI=1S/C14H18N4O/c1-11-3-5-12(6-4-11)17-13-9-14(16-10-15-13)18(2)7-8-19/h3-6,9-10,19H,7-8H2,1-2H3,(H,15,16,17). The molecule has 0 aliphatic carbocycles. The highest BCUT2D eigenvalue weighted by Crippen LogP contribution is 2.18. The molecule has 0 radical (unpaired) electrons. The van der Waals surface area contributed by atoms with Crippen molar-refractivity contribution >= 4 is 17.3 Å². The molecule has 5 heteroatoms. The molecule has 0 unspecified atom stereocenters. The van der Waals surface area contributed by atoms with Crippen LogP contribution < -0.4 is 10.2 Å². The van der Waals surface area contributed by atoms with E-state index in [9.17, 15) is 0 Å². The average molecular weight is 258 g/mol. The van der Waals surface area contributed by atoms with Crippen LogP contribution in [-0.4, -0.2) is 35.3 Å². The van der Waals surface area contributed by atoms with Gasteiger partial charge >= 0.3 is 0 Å². The lowest BCUT2D eigenvalue weighted by Gasteiger charge is -2.17. The van der Waals surface area contributed by atoms with Crippen LogP contribution >= 0.6 is 0 Å². The van der Waals surface area contributed by atoms with Gasteiger partial charge in [0, 0.05) is 25.3 Å². The highest BCUT2D eigenvalue weighted by Gasteiger charge is 2.04. The topological polar surface area (TPSA) is 61.3 Å². The molecule has 2 rings (SSSR count). The molecular formula is C14H18N4O. The second kappa shape index (κ2) is 6.15. The third-order valence-corrected chi connectivity index (χ3v) is 2.80. The number of aliphatic hydroxyl groups excluding tert-OH is 1. The summed E-state index contributed by atoms with van der Waals surface area (Å²) in [4.78, 5) is 10.2. The number of likely N-dealkylation sites (N-methyl/N-ethyl adjacent to an activating group) is 1. The maximum absolute atomic E-state index is 8.93. The molecule has 0 aliphatic heterocycles. The summed E-state index contributed by atoms with van der Waals surface area (Å²) in [7, 11) is 1.88. The number of nitrogens with zero attached hydrogens (tertiary/aromatic N) is 3. The molecule has 19 heavy (non-hydrogen) atoms. The van der Waals surface area contributed by atoms with Crippen molar-refractivity contribution in [1.82, 2.24) is 9.97 Å². The van der Waals surface area contributed by atoms with E-state index in [1.165, 1.54) is 11.9 Å². The van der Waals surface area contributed by atoms with E-state index in [1.54, 1.807) is 0 Å². The predicted octanol–water partition coefficient (Wildman–Crippen LogP) is 1.96. The van der Waals surface area contributed by atoms with Crippen molar-refractivity contribution in [2.24, 2.45) is 0 Å². The van der Waals surface area contributed by atoms with E-state index in [4.69, 9.17) is 5.11 Å². The number of anilines is 3. The minimum atomic E-state index is 0.0984. The number of hydrogen-bond donors (Lipinski definition) is 2. The van der Waals surface area contributed by atoms with Gasteiger partial charge in [-0.2, -0.15) is 0 Å². The molecule has 2 N–H and O–H groups in total. The first-order valence-corrected chi connectivity index (χ1v) is 6.17. The van der Waals surface area contributed by atoms with Gasteiger partial charge in [-0.15, -0.1) is 0 Å². The Kier molecular flexibility index (Phi) is 4.30. The Bertz CT molecular complexity index is 527. The molecule has 0 atom stereocenters. The van der Waals surface area contributed by atoms with Crippen LogP contribution in [0.4, 0.5) is 17.3 Å². The van der Waals surface area contributed by atoms with E-state index in [0.29, 0.717) is 6.54 Å². The number of aryl methyl sites for hydroxylation is 1. The number of aliphatic hydroxyl groups is 1.